The van der Waals surface area contributed by atoms with Crippen molar-refractivity contribution in [2.45, 2.75) is 51.1 Å². The number of nitriles is 1. The van der Waals surface area contributed by atoms with Gasteiger partial charge in [-0.15, -0.1) is 0 Å². The van der Waals surface area contributed by atoms with Gasteiger partial charge in [0.05, 0.1) is 11.5 Å². The topological polar surface area (TPSA) is 124 Å². The van der Waals surface area contributed by atoms with Crippen LogP contribution >= 0.6 is 0 Å². The first-order valence-corrected chi connectivity index (χ1v) is 11.3. The van der Waals surface area contributed by atoms with Gasteiger partial charge in [0.25, 0.3) is 5.56 Å². The second-order valence-corrected chi connectivity index (χ2v) is 9.36. The van der Waals surface area contributed by atoms with E-state index < -0.39 is 34.9 Å². The first-order chi connectivity index (χ1) is 16.2. The van der Waals surface area contributed by atoms with Crippen LogP contribution in [0.1, 0.15) is 45.2 Å². The lowest BCUT2D eigenvalue weighted by Crippen LogP contribution is -2.45. The molecule has 176 valence electrons. The van der Waals surface area contributed by atoms with E-state index in [0.717, 1.165) is 5.56 Å². The molecule has 2 aliphatic heterocycles. The molecular weight excluding hydrogens is 434 g/mol. The van der Waals surface area contributed by atoms with Crippen LogP contribution in [-0.4, -0.2) is 39.8 Å². The number of para-hydroxylation sites is 1. The highest BCUT2D eigenvalue weighted by Gasteiger charge is 2.56. The maximum atomic E-state index is 13.9. The summed E-state index contributed by atoms with van der Waals surface area (Å²) in [6.07, 6.45) is 2.06. The summed E-state index contributed by atoms with van der Waals surface area (Å²) < 4.78 is 1.32. The molecule has 9 nitrogen and oxygen atoms in total. The van der Waals surface area contributed by atoms with E-state index >= 15 is 0 Å². The van der Waals surface area contributed by atoms with E-state index in [1.54, 1.807) is 6.07 Å². The Morgan fingerprint density at radius 2 is 1.97 bits per heavy atom. The Kier molecular flexibility index (Phi) is 6.00. The number of carbonyl (C=O) groups is 3. The molecule has 3 atom stereocenters. The molecule has 1 aromatic heterocycles. The average molecular weight is 462 g/mol. The summed E-state index contributed by atoms with van der Waals surface area (Å²) in [4.78, 5) is 53.0. The number of aromatic nitrogens is 1. The molecule has 2 aromatic rings. The van der Waals surface area contributed by atoms with Gasteiger partial charge in [-0.1, -0.05) is 32.0 Å². The minimum absolute atomic E-state index is 0.0572. The molecule has 1 saturated heterocycles. The molecule has 0 saturated carbocycles. The number of benzene rings is 1. The summed E-state index contributed by atoms with van der Waals surface area (Å²) in [7, 11) is 0. The van der Waals surface area contributed by atoms with Gasteiger partial charge in [0.1, 0.15) is 17.8 Å². The third-order valence-corrected chi connectivity index (χ3v) is 6.52. The highest BCUT2D eigenvalue weighted by atomic mass is 16.2. The molecular formula is C25H27N5O4. The summed E-state index contributed by atoms with van der Waals surface area (Å²) >= 11 is 0. The molecule has 0 radical (unpaired) electrons. The molecule has 0 aliphatic carbocycles. The average Bonchev–Trinajstić information content (AvgIpc) is 3.31. The quantitative estimate of drug-likeness (QED) is 0.708. The van der Waals surface area contributed by atoms with Crippen LogP contribution in [0.5, 0.6) is 0 Å². The van der Waals surface area contributed by atoms with Gasteiger partial charge in [-0.25, -0.2) is 0 Å². The van der Waals surface area contributed by atoms with Crippen LogP contribution in [0.4, 0.5) is 11.4 Å². The summed E-state index contributed by atoms with van der Waals surface area (Å²) in [6, 6.07) is 10.9. The Bertz CT molecular complexity index is 1260. The van der Waals surface area contributed by atoms with Crippen molar-refractivity contribution in [1.82, 2.24) is 9.47 Å². The van der Waals surface area contributed by atoms with Crippen molar-refractivity contribution in [3.63, 3.8) is 0 Å². The fourth-order valence-electron chi connectivity index (χ4n) is 5.00. The second-order valence-electron chi connectivity index (χ2n) is 9.36. The van der Waals surface area contributed by atoms with E-state index in [1.165, 1.54) is 28.7 Å². The lowest BCUT2D eigenvalue weighted by atomic mass is 9.80. The lowest BCUT2D eigenvalue weighted by molar-refractivity contribution is -0.135. The van der Waals surface area contributed by atoms with Gasteiger partial charge in [0.15, 0.2) is 0 Å². The van der Waals surface area contributed by atoms with Crippen LogP contribution in [0.2, 0.25) is 0 Å². The third kappa shape index (κ3) is 3.85. The van der Waals surface area contributed by atoms with Gasteiger partial charge >= 0.3 is 0 Å². The number of carbonyl (C=O) groups excluding carboxylic acids is 3. The van der Waals surface area contributed by atoms with Gasteiger partial charge in [-0.2, -0.15) is 5.26 Å². The number of anilines is 2. The minimum atomic E-state index is -1.00. The molecule has 0 bridgehead atoms. The van der Waals surface area contributed by atoms with Crippen LogP contribution in [0.3, 0.4) is 0 Å². The molecule has 2 aliphatic rings. The summed E-state index contributed by atoms with van der Waals surface area (Å²) in [5.74, 6) is -0.942. The molecule has 4 rings (SSSR count). The predicted molar refractivity (Wildman–Crippen MR) is 126 cm³/mol. The van der Waals surface area contributed by atoms with E-state index in [1.807, 2.05) is 38.1 Å². The van der Waals surface area contributed by atoms with Crippen molar-refractivity contribution in [3.8, 4) is 6.07 Å². The number of likely N-dealkylation sites (tertiary alicyclic amines) is 1. The number of fused-ring (bicyclic) bond motifs is 2. The lowest BCUT2D eigenvalue weighted by Gasteiger charge is -2.29. The van der Waals surface area contributed by atoms with Crippen LogP contribution in [-0.2, 0) is 19.8 Å². The van der Waals surface area contributed by atoms with Crippen molar-refractivity contribution in [2.24, 2.45) is 5.92 Å². The number of hydrogen-bond donors (Lipinski definition) is 2. The first-order valence-electron chi connectivity index (χ1n) is 11.3. The van der Waals surface area contributed by atoms with Gasteiger partial charge in [-0.05, 0) is 36.1 Å². The van der Waals surface area contributed by atoms with Crippen LogP contribution in [0.15, 0.2) is 47.4 Å². The molecule has 9 heteroatoms. The molecule has 1 spiro atoms. The Hall–Kier alpha value is -3.93. The van der Waals surface area contributed by atoms with Gasteiger partial charge < -0.3 is 20.1 Å². The van der Waals surface area contributed by atoms with E-state index in [4.69, 9.17) is 0 Å². The zero-order valence-electron chi connectivity index (χ0n) is 19.4. The zero-order valence-corrected chi connectivity index (χ0v) is 19.4. The monoisotopic (exact) mass is 461 g/mol. The van der Waals surface area contributed by atoms with Crippen molar-refractivity contribution in [3.05, 3.63) is 58.5 Å². The van der Waals surface area contributed by atoms with Gasteiger partial charge in [-0.3, -0.25) is 19.2 Å². The minimum Gasteiger partial charge on any atom is -0.325 e. The molecule has 3 amide bonds. The van der Waals surface area contributed by atoms with Gasteiger partial charge in [0.2, 0.25) is 17.7 Å². The number of nitrogens with one attached hydrogen (secondary N) is 2. The summed E-state index contributed by atoms with van der Waals surface area (Å²) in [5.41, 5.74) is 0.0496. The Morgan fingerprint density at radius 1 is 1.24 bits per heavy atom. The highest BCUT2D eigenvalue weighted by molar-refractivity contribution is 6.07. The van der Waals surface area contributed by atoms with E-state index in [9.17, 15) is 24.4 Å². The van der Waals surface area contributed by atoms with Crippen molar-refractivity contribution in [2.75, 3.05) is 17.2 Å². The molecule has 3 heterocycles. The summed E-state index contributed by atoms with van der Waals surface area (Å²) in [5, 5.41) is 15.3. The van der Waals surface area contributed by atoms with Crippen molar-refractivity contribution in [1.29, 1.82) is 5.26 Å². The Labute approximate surface area is 197 Å². The molecule has 2 N–H and O–H groups in total. The SMILES string of the molecule is CC(=O)Nc1cccn([C@H](CC(C)C)C(=O)N2C[C@]3(C[C@H]2C#N)C(=O)Nc2ccccc23)c1=O. The highest BCUT2D eigenvalue weighted by Crippen LogP contribution is 2.46. The number of hydrogen-bond acceptors (Lipinski definition) is 5. The largest absolute Gasteiger partial charge is 0.325 e. The molecule has 1 fully saturated rings. The van der Waals surface area contributed by atoms with Gasteiger partial charge in [0, 0.05) is 31.8 Å². The Balaban J connectivity index is 1.74. The summed E-state index contributed by atoms with van der Waals surface area (Å²) in [6.45, 7) is 5.24. The predicted octanol–water partition coefficient (Wildman–Crippen LogP) is 2.41. The fraction of sp³-hybridized carbons (Fsp3) is 0.400. The van der Waals surface area contributed by atoms with Crippen LogP contribution in [0, 0.1) is 17.2 Å². The van der Waals surface area contributed by atoms with E-state index in [-0.39, 0.29) is 30.5 Å². The molecule has 34 heavy (non-hydrogen) atoms. The zero-order chi connectivity index (χ0) is 24.6. The standard InChI is InChI=1S/C25H27N5O4/c1-15(2)11-21(29-10-6-9-20(22(29)32)27-16(3)31)23(33)30-14-25(12-17(30)13-26)18-7-4-5-8-19(18)28-24(25)34/h4-10,15,17,21H,11-12,14H2,1-3H3,(H,27,31)(H,28,34)/t17-,21+,25-/m0/s1. The van der Waals surface area contributed by atoms with Crippen LogP contribution in [0.25, 0.3) is 0 Å². The first kappa shape index (κ1) is 23.2. The number of amides is 3. The van der Waals surface area contributed by atoms with Crippen molar-refractivity contribution < 1.29 is 14.4 Å². The van der Waals surface area contributed by atoms with E-state index in [0.29, 0.717) is 12.1 Å². The maximum Gasteiger partial charge on any atom is 0.275 e. The molecule has 1 aromatic carbocycles. The molecule has 0 unspecified atom stereocenters. The van der Waals surface area contributed by atoms with Crippen LogP contribution < -0.4 is 16.2 Å². The normalized spacial score (nSPS) is 21.8. The maximum absolute atomic E-state index is 13.9. The number of nitrogens with zero attached hydrogens (tertiary/aromatic N) is 3. The van der Waals surface area contributed by atoms with E-state index in [2.05, 4.69) is 16.7 Å². The third-order valence-electron chi connectivity index (χ3n) is 6.52. The Morgan fingerprint density at radius 3 is 2.65 bits per heavy atom. The number of pyridine rings is 1. The van der Waals surface area contributed by atoms with Crippen molar-refractivity contribution >= 4 is 29.1 Å². The second kappa shape index (κ2) is 8.78. The number of rotatable bonds is 5. The smallest absolute Gasteiger partial charge is 0.275 e. The fourth-order valence-corrected chi connectivity index (χ4v) is 5.00.